The lowest BCUT2D eigenvalue weighted by Gasteiger charge is -2.15. The number of hydrazone groups is 1. The third-order valence-electron chi connectivity index (χ3n) is 6.64. The Bertz CT molecular complexity index is 2500. The van der Waals surface area contributed by atoms with Crippen molar-refractivity contribution in [2.75, 3.05) is 15.6 Å². The van der Waals surface area contributed by atoms with Gasteiger partial charge < -0.3 is 10.6 Å². The fourth-order valence-corrected chi connectivity index (χ4v) is 7.10. The van der Waals surface area contributed by atoms with E-state index in [1.807, 2.05) is 0 Å². The zero-order chi connectivity index (χ0) is 37.5. The number of nitrogens with one attached hydrogen (secondary N) is 2. The first-order valence-corrected chi connectivity index (χ1v) is 19.1. The van der Waals surface area contributed by atoms with Crippen molar-refractivity contribution in [1.82, 2.24) is 15.0 Å². The van der Waals surface area contributed by atoms with Crippen molar-refractivity contribution in [2.45, 2.75) is 27.7 Å². The summed E-state index contributed by atoms with van der Waals surface area (Å²) in [5.41, 5.74) is 0.00501. The monoisotopic (exact) mass is 815 g/mol. The van der Waals surface area contributed by atoms with Crippen LogP contribution in [0.2, 0.25) is 15.3 Å². The molecule has 24 heteroatoms. The number of halogens is 3. The molecule has 1 amide bonds. The predicted molar refractivity (Wildman–Crippen MR) is 187 cm³/mol. The second kappa shape index (κ2) is 14.2. The van der Waals surface area contributed by atoms with Crippen LogP contribution in [-0.4, -0.2) is 67.0 Å². The van der Waals surface area contributed by atoms with Gasteiger partial charge >= 0.3 is 0 Å². The summed E-state index contributed by atoms with van der Waals surface area (Å²) in [4.78, 5) is 24.1. The van der Waals surface area contributed by atoms with Crippen LogP contribution in [-0.2, 0) is 34.9 Å². The van der Waals surface area contributed by atoms with E-state index in [1.54, 1.807) is 0 Å². The van der Waals surface area contributed by atoms with Crippen LogP contribution in [0.3, 0.4) is 0 Å². The summed E-state index contributed by atoms with van der Waals surface area (Å²) in [7, 11) is -13.3. The van der Waals surface area contributed by atoms with Gasteiger partial charge in [-0.2, -0.15) is 52.1 Å². The van der Waals surface area contributed by atoms with E-state index in [9.17, 15) is 39.2 Å². The molecule has 1 atom stereocenters. The largest absolute Gasteiger partial charge is 0.324 e. The van der Waals surface area contributed by atoms with Gasteiger partial charge in [-0.05, 0) is 73.1 Å². The molecule has 0 bridgehead atoms. The molecule has 4 N–H and O–H groups in total. The van der Waals surface area contributed by atoms with E-state index >= 15 is 0 Å². The Morgan fingerprint density at radius 2 is 1.41 bits per heavy atom. The van der Waals surface area contributed by atoms with E-state index in [0.717, 1.165) is 34.7 Å². The fraction of sp³-hybridized carbons (Fsp3) is 0.0741. The van der Waals surface area contributed by atoms with Crippen molar-refractivity contribution < 1.29 is 39.2 Å². The van der Waals surface area contributed by atoms with Crippen LogP contribution < -0.4 is 15.6 Å². The molecule has 266 valence electrons. The van der Waals surface area contributed by atoms with Crippen molar-refractivity contribution >= 4 is 111 Å². The van der Waals surface area contributed by atoms with Crippen molar-refractivity contribution in [1.29, 1.82) is 0 Å². The minimum Gasteiger partial charge on any atom is -0.324 e. The third-order valence-corrected chi connectivity index (χ3v) is 10.7. The summed E-state index contributed by atoms with van der Waals surface area (Å²) in [6.45, 7) is 4.68. The van der Waals surface area contributed by atoms with E-state index in [4.69, 9.17) is 34.8 Å². The van der Waals surface area contributed by atoms with Gasteiger partial charge in [-0.1, -0.05) is 29.8 Å². The summed E-state index contributed by atoms with van der Waals surface area (Å²) in [5, 5.41) is 18.1. The van der Waals surface area contributed by atoms with Gasteiger partial charge in [0.05, 0.1) is 26.3 Å². The number of hydrogen-bond donors (Lipinski definition) is 4. The van der Waals surface area contributed by atoms with E-state index in [0.29, 0.717) is 5.69 Å². The first-order valence-electron chi connectivity index (χ1n) is 13.6. The summed E-state index contributed by atoms with van der Waals surface area (Å²) in [5.74, 6) is -1.03. The highest BCUT2D eigenvalue weighted by molar-refractivity contribution is 7.94. The molecule has 0 saturated carbocycles. The second-order valence-electron chi connectivity index (χ2n) is 10.1. The van der Waals surface area contributed by atoms with Crippen molar-refractivity contribution in [3.8, 4) is 0 Å². The number of sulfone groups is 1. The van der Waals surface area contributed by atoms with E-state index in [2.05, 4.69) is 47.5 Å². The normalized spacial score (nSPS) is 15.3. The number of amides is 1. The molecule has 5 rings (SSSR count). The van der Waals surface area contributed by atoms with Crippen molar-refractivity contribution in [3.05, 3.63) is 81.9 Å². The number of carbonyl (C=O) groups is 1. The summed E-state index contributed by atoms with van der Waals surface area (Å²) < 4.78 is 90.6. The maximum Gasteiger partial charge on any atom is 0.296 e. The first kappa shape index (κ1) is 37.6. The lowest BCUT2D eigenvalue weighted by molar-refractivity contribution is -0.117. The number of benzene rings is 3. The molecule has 0 spiro atoms. The number of rotatable bonds is 11. The van der Waals surface area contributed by atoms with Gasteiger partial charge in [0.2, 0.25) is 17.2 Å². The van der Waals surface area contributed by atoms with Gasteiger partial charge in [-0.25, -0.2) is 8.42 Å². The number of hydrogen-bond acceptors (Lipinski definition) is 15. The van der Waals surface area contributed by atoms with Crippen molar-refractivity contribution in [2.24, 2.45) is 15.3 Å². The second-order valence-corrected chi connectivity index (χ2v) is 15.9. The van der Waals surface area contributed by atoms with E-state index < -0.39 is 62.5 Å². The quantitative estimate of drug-likeness (QED) is 0.106. The molecule has 1 unspecified atom stereocenters. The molecule has 4 aromatic rings. The molecule has 0 aliphatic carbocycles. The fourth-order valence-electron chi connectivity index (χ4n) is 4.30. The van der Waals surface area contributed by atoms with Gasteiger partial charge in [-0.15, -0.1) is 0 Å². The Labute approximate surface area is 304 Å². The van der Waals surface area contributed by atoms with Gasteiger partial charge in [-0.3, -0.25) is 13.9 Å². The predicted octanol–water partition coefficient (Wildman–Crippen LogP) is 5.60. The van der Waals surface area contributed by atoms with Crippen LogP contribution in [0.4, 0.5) is 34.6 Å². The van der Waals surface area contributed by atoms with Gasteiger partial charge in [0.25, 0.3) is 26.1 Å². The minimum atomic E-state index is -4.86. The van der Waals surface area contributed by atoms with Crippen molar-refractivity contribution in [3.63, 3.8) is 0 Å². The van der Waals surface area contributed by atoms with Gasteiger partial charge in [0.1, 0.15) is 15.5 Å². The molecular weight excluding hydrogens is 797 g/mol. The summed E-state index contributed by atoms with van der Waals surface area (Å²) >= 11 is 18.2. The molecule has 0 fully saturated rings. The average Bonchev–Trinajstić information content (AvgIpc) is 3.31. The standard InChI is InChI=1S/C27H20Cl3N9O9S3/c1-3-49(41,42)16-7-4-14(5-8-16)31-26-33-25(30)34-27(35-26)32-15-6-9-21(50(43,44)45)19(10-15)36-37-23-13(2)38-39(24(23)40)20-11-18(29)22(12-17(20)28)51(46,47)48/h3-12,23H,1H2,2H3,(H,43,44,45)(H,46,47,48)(H2,31,32,33,34,35). The Kier molecular flexibility index (Phi) is 10.5. The molecule has 18 nitrogen and oxygen atoms in total. The van der Waals surface area contributed by atoms with Crippen LogP contribution in [0.1, 0.15) is 6.92 Å². The van der Waals surface area contributed by atoms with Crippen LogP contribution >= 0.6 is 34.8 Å². The van der Waals surface area contributed by atoms with Gasteiger partial charge in [0, 0.05) is 16.8 Å². The number of nitrogens with zero attached hydrogens (tertiary/aromatic N) is 7. The number of azo groups is 1. The average molecular weight is 817 g/mol. The van der Waals surface area contributed by atoms with Crippen LogP contribution in [0.25, 0.3) is 0 Å². The maximum absolute atomic E-state index is 13.3. The molecule has 0 radical (unpaired) electrons. The first-order chi connectivity index (χ1) is 23.8. The van der Waals surface area contributed by atoms with E-state index in [-0.39, 0.29) is 44.2 Å². The molecule has 1 aromatic heterocycles. The van der Waals surface area contributed by atoms with Gasteiger partial charge in [0.15, 0.2) is 15.9 Å². The smallest absolute Gasteiger partial charge is 0.296 e. The molecular formula is C27H20Cl3N9O9S3. The lowest BCUT2D eigenvalue weighted by atomic mass is 10.2. The Balaban J connectivity index is 1.40. The van der Waals surface area contributed by atoms with Crippen LogP contribution in [0.5, 0.6) is 0 Å². The van der Waals surface area contributed by atoms with Crippen LogP contribution in [0, 0.1) is 0 Å². The SMILES string of the molecule is C=CS(=O)(=O)c1ccc(Nc2nc(Cl)nc(Nc3ccc(S(=O)(=O)O)c(N=NC4C(=O)N(c5cc(Cl)c(S(=O)(=O)O)cc5Cl)N=C4C)c3)n2)cc1. The Hall–Kier alpha value is -4.61. The number of aromatic nitrogens is 3. The highest BCUT2D eigenvalue weighted by atomic mass is 35.5. The topological polar surface area (TPSA) is 263 Å². The molecule has 2 heterocycles. The minimum absolute atomic E-state index is 0.0137. The zero-order valence-corrected chi connectivity index (χ0v) is 30.0. The molecule has 1 aliphatic rings. The molecule has 1 aliphatic heterocycles. The van der Waals surface area contributed by atoms with E-state index in [1.165, 1.54) is 37.3 Å². The molecule has 0 saturated heterocycles. The molecule has 51 heavy (non-hydrogen) atoms. The maximum atomic E-state index is 13.3. The molecule has 3 aromatic carbocycles. The third kappa shape index (κ3) is 8.48. The highest BCUT2D eigenvalue weighted by Gasteiger charge is 2.36. The van der Waals surface area contributed by atoms with Crippen LogP contribution in [0.15, 0.2) is 96.6 Å². The zero-order valence-electron chi connectivity index (χ0n) is 25.3. The lowest BCUT2D eigenvalue weighted by Crippen LogP contribution is -2.30. The summed E-state index contributed by atoms with van der Waals surface area (Å²) in [6.07, 6.45) is 0. The number of anilines is 5. The highest BCUT2D eigenvalue weighted by Crippen LogP contribution is 2.37. The number of carbonyl (C=O) groups excluding carboxylic acids is 1. The summed E-state index contributed by atoms with van der Waals surface area (Å²) in [6, 6.07) is 9.37. The Morgan fingerprint density at radius 1 is 0.824 bits per heavy atom. The Morgan fingerprint density at radius 3 is 2.00 bits per heavy atom.